The number of nitrogens with zero attached hydrogens (tertiary/aromatic N) is 4. The second kappa shape index (κ2) is 18.2. The van der Waals surface area contributed by atoms with Gasteiger partial charge in [0.25, 0.3) is 5.91 Å². The van der Waals surface area contributed by atoms with Gasteiger partial charge in [-0.05, 0) is 64.1 Å². The molecule has 0 radical (unpaired) electrons. The van der Waals surface area contributed by atoms with Gasteiger partial charge in [-0.25, -0.2) is 9.97 Å². The van der Waals surface area contributed by atoms with E-state index in [9.17, 15) is 14.4 Å². The minimum Gasteiger partial charge on any atom is -0.336 e. The molecule has 1 aliphatic heterocycles. The molecule has 1 N–H and O–H groups in total. The molecule has 0 aliphatic carbocycles. The first-order valence-corrected chi connectivity index (χ1v) is 22.1. The predicted octanol–water partition coefficient (Wildman–Crippen LogP) is 10.5. The molecule has 2 atom stereocenters. The second-order valence-corrected chi connectivity index (χ2v) is 17.3. The van der Waals surface area contributed by atoms with Crippen LogP contribution in [0.25, 0.3) is 32.0 Å². The standard InChI is InChI=1S/C47H43N5O3S3/c1-2-24-51(47(55)44(37-12-7-4-8-13-37)50-45(54)38-23-26-56-31-38)30-42-48-28-40(57-42)35-19-15-33(16-20-35)34-17-21-36(22-18-34)41-29-49-46(58-41)39-14-9-25-52(39)43(53)27-32-10-5-3-6-11-32/h3-8,10-13,15-23,26,28-29,31,39,44H,2,9,14,24-25,27,30H2,1H3,(H,50,54)/t39-,44-/m0/s1. The lowest BCUT2D eigenvalue weighted by atomic mass is 10.0. The third-order valence-corrected chi connectivity index (χ3v) is 13.2. The van der Waals surface area contributed by atoms with Gasteiger partial charge in [-0.15, -0.1) is 22.7 Å². The van der Waals surface area contributed by atoms with E-state index in [0.29, 0.717) is 25.1 Å². The van der Waals surface area contributed by atoms with Crippen molar-refractivity contribution in [3.63, 3.8) is 0 Å². The van der Waals surface area contributed by atoms with Gasteiger partial charge in [-0.1, -0.05) is 116 Å². The maximum atomic E-state index is 14.1. The van der Waals surface area contributed by atoms with Gasteiger partial charge in [0.05, 0.1) is 34.3 Å². The van der Waals surface area contributed by atoms with Crippen LogP contribution in [0.2, 0.25) is 0 Å². The van der Waals surface area contributed by atoms with Crippen molar-refractivity contribution in [1.82, 2.24) is 25.1 Å². The topological polar surface area (TPSA) is 95.5 Å². The fourth-order valence-corrected chi connectivity index (χ4v) is 10.0. The van der Waals surface area contributed by atoms with Gasteiger partial charge in [-0.3, -0.25) is 14.4 Å². The van der Waals surface area contributed by atoms with E-state index in [1.807, 2.05) is 90.3 Å². The van der Waals surface area contributed by atoms with Crippen LogP contribution in [0, 0.1) is 0 Å². The summed E-state index contributed by atoms with van der Waals surface area (Å²) < 4.78 is 0. The lowest BCUT2D eigenvalue weighted by molar-refractivity contribution is -0.134. The number of thiophene rings is 1. The van der Waals surface area contributed by atoms with Crippen molar-refractivity contribution < 1.29 is 14.4 Å². The number of rotatable bonds is 14. The highest BCUT2D eigenvalue weighted by atomic mass is 32.1. The van der Waals surface area contributed by atoms with Gasteiger partial charge in [0.15, 0.2) is 0 Å². The van der Waals surface area contributed by atoms with Crippen LogP contribution in [0.4, 0.5) is 0 Å². The fourth-order valence-electron chi connectivity index (χ4n) is 7.36. The molecule has 1 saturated heterocycles. The minimum absolute atomic E-state index is 0.0306. The van der Waals surface area contributed by atoms with Gasteiger partial charge >= 0.3 is 0 Å². The molecule has 1 fully saturated rings. The molecule has 4 aromatic carbocycles. The van der Waals surface area contributed by atoms with Crippen LogP contribution >= 0.6 is 34.0 Å². The summed E-state index contributed by atoms with van der Waals surface area (Å²) in [6, 6.07) is 37.4. The highest BCUT2D eigenvalue weighted by Gasteiger charge is 2.32. The minimum atomic E-state index is -0.814. The van der Waals surface area contributed by atoms with Crippen LogP contribution in [0.1, 0.15) is 69.8 Å². The first-order chi connectivity index (χ1) is 28.4. The molecule has 8 rings (SSSR count). The molecule has 0 unspecified atom stereocenters. The number of carbonyl (C=O) groups is 3. The number of hydrogen-bond donors (Lipinski definition) is 1. The summed E-state index contributed by atoms with van der Waals surface area (Å²) in [5.41, 5.74) is 6.72. The Balaban J connectivity index is 0.912. The molecular formula is C47H43N5O3S3. The van der Waals surface area contributed by atoms with E-state index >= 15 is 0 Å². The van der Waals surface area contributed by atoms with E-state index in [1.165, 1.54) is 11.3 Å². The molecule has 58 heavy (non-hydrogen) atoms. The summed E-state index contributed by atoms with van der Waals surface area (Å²) in [6.45, 7) is 3.71. The largest absolute Gasteiger partial charge is 0.336 e. The van der Waals surface area contributed by atoms with E-state index in [2.05, 4.69) is 53.8 Å². The highest BCUT2D eigenvalue weighted by Crippen LogP contribution is 2.38. The summed E-state index contributed by atoms with van der Waals surface area (Å²) in [5, 5.41) is 8.46. The predicted molar refractivity (Wildman–Crippen MR) is 235 cm³/mol. The van der Waals surface area contributed by atoms with Crippen molar-refractivity contribution in [3.05, 3.63) is 165 Å². The number of likely N-dealkylation sites (tertiary alicyclic amines) is 1. The molecule has 1 aliphatic rings. The van der Waals surface area contributed by atoms with E-state index in [0.717, 1.165) is 79.0 Å². The Morgan fingerprint density at radius 3 is 2.09 bits per heavy atom. The Labute approximate surface area is 350 Å². The molecule has 8 nitrogen and oxygen atoms in total. The first kappa shape index (κ1) is 39.1. The maximum absolute atomic E-state index is 14.1. The van der Waals surface area contributed by atoms with Gasteiger partial charge in [-0.2, -0.15) is 11.3 Å². The van der Waals surface area contributed by atoms with Crippen molar-refractivity contribution in [2.24, 2.45) is 0 Å². The van der Waals surface area contributed by atoms with Crippen LogP contribution < -0.4 is 5.32 Å². The fraction of sp³-hybridized carbons (Fsp3) is 0.213. The smallest absolute Gasteiger partial charge is 0.253 e. The van der Waals surface area contributed by atoms with E-state index < -0.39 is 6.04 Å². The van der Waals surface area contributed by atoms with Gasteiger partial charge in [0, 0.05) is 30.9 Å². The molecule has 7 aromatic rings. The Bertz CT molecular complexity index is 2450. The van der Waals surface area contributed by atoms with Crippen molar-refractivity contribution in [2.75, 3.05) is 13.1 Å². The van der Waals surface area contributed by atoms with E-state index in [-0.39, 0.29) is 23.8 Å². The SMILES string of the molecule is CCCN(Cc1ncc(-c2ccc(-c3ccc(-c4cnc([C@@H]5CCCN5C(=O)Cc5ccccc5)s4)cc3)cc2)s1)C(=O)[C@@H](NC(=O)c1ccsc1)c1ccccc1. The molecular weight excluding hydrogens is 779 g/mol. The quantitative estimate of drug-likeness (QED) is 0.118. The van der Waals surface area contributed by atoms with E-state index in [1.54, 1.807) is 39.0 Å². The van der Waals surface area contributed by atoms with Crippen LogP contribution in [0.15, 0.2) is 138 Å². The summed E-state index contributed by atoms with van der Waals surface area (Å²) in [7, 11) is 0. The lowest BCUT2D eigenvalue weighted by Crippen LogP contribution is -2.43. The molecule has 3 aromatic heterocycles. The first-order valence-electron chi connectivity index (χ1n) is 19.6. The second-order valence-electron chi connectivity index (χ2n) is 14.3. The normalized spacial score (nSPS) is 14.3. The Morgan fingerprint density at radius 1 is 0.793 bits per heavy atom. The zero-order valence-corrected chi connectivity index (χ0v) is 34.6. The molecule has 4 heterocycles. The van der Waals surface area contributed by atoms with E-state index in [4.69, 9.17) is 9.97 Å². The van der Waals surface area contributed by atoms with Gasteiger partial charge in [0.2, 0.25) is 11.8 Å². The number of hydrogen-bond acceptors (Lipinski definition) is 8. The van der Waals surface area contributed by atoms with Crippen LogP contribution in [-0.2, 0) is 22.6 Å². The third kappa shape index (κ3) is 9.02. The summed E-state index contributed by atoms with van der Waals surface area (Å²) >= 11 is 4.70. The van der Waals surface area contributed by atoms with Crippen molar-refractivity contribution in [3.8, 4) is 32.0 Å². The number of aromatic nitrogens is 2. The molecule has 0 saturated carbocycles. The number of nitrogens with one attached hydrogen (secondary N) is 1. The highest BCUT2D eigenvalue weighted by molar-refractivity contribution is 7.15. The van der Waals surface area contributed by atoms with Crippen LogP contribution in [0.5, 0.6) is 0 Å². The molecule has 0 bridgehead atoms. The Morgan fingerprint density at radius 2 is 1.43 bits per heavy atom. The van der Waals surface area contributed by atoms with Crippen LogP contribution in [0.3, 0.4) is 0 Å². The third-order valence-electron chi connectivity index (χ3n) is 10.4. The number of benzene rings is 4. The van der Waals surface area contributed by atoms with Crippen molar-refractivity contribution in [1.29, 1.82) is 0 Å². The maximum Gasteiger partial charge on any atom is 0.253 e. The Kier molecular flexibility index (Phi) is 12.3. The van der Waals surface area contributed by atoms with Gasteiger partial charge in [0.1, 0.15) is 16.1 Å². The van der Waals surface area contributed by atoms with Crippen molar-refractivity contribution >= 4 is 51.7 Å². The monoisotopic (exact) mass is 821 g/mol. The van der Waals surface area contributed by atoms with Gasteiger partial charge < -0.3 is 15.1 Å². The van der Waals surface area contributed by atoms with Crippen LogP contribution in [-0.4, -0.2) is 50.6 Å². The Hall–Kier alpha value is -5.75. The summed E-state index contributed by atoms with van der Waals surface area (Å²) in [5.74, 6) is -0.274. The molecule has 11 heteroatoms. The molecule has 3 amide bonds. The zero-order chi connectivity index (χ0) is 39.8. The average molecular weight is 822 g/mol. The number of thiazole rings is 2. The lowest BCUT2D eigenvalue weighted by Gasteiger charge is -2.27. The van der Waals surface area contributed by atoms with Crippen molar-refractivity contribution in [2.45, 2.75) is 51.2 Å². The zero-order valence-electron chi connectivity index (χ0n) is 32.1. The summed E-state index contributed by atoms with van der Waals surface area (Å²) in [4.78, 5) is 55.9. The number of amides is 3. The summed E-state index contributed by atoms with van der Waals surface area (Å²) in [6.07, 6.45) is 6.93. The number of carbonyl (C=O) groups excluding carboxylic acids is 3. The molecule has 292 valence electrons. The molecule has 0 spiro atoms. The average Bonchev–Trinajstić information content (AvgIpc) is 4.12.